The van der Waals surface area contributed by atoms with Gasteiger partial charge in [-0.3, -0.25) is 0 Å². The van der Waals surface area contributed by atoms with Gasteiger partial charge in [-0.25, -0.2) is 4.39 Å². The fraction of sp³-hybridized carbons (Fsp3) is 0.333. The smallest absolute Gasteiger partial charge is 0.123 e. The average molecular weight is 332 g/mol. The van der Waals surface area contributed by atoms with Gasteiger partial charge >= 0.3 is 0 Å². The fourth-order valence-electron chi connectivity index (χ4n) is 2.20. The summed E-state index contributed by atoms with van der Waals surface area (Å²) in [5, 5.41) is 3.48. The summed E-state index contributed by atoms with van der Waals surface area (Å²) in [5.74, 6) is -0.206. The minimum absolute atomic E-state index is 0.127. The van der Waals surface area contributed by atoms with Crippen LogP contribution in [0.4, 0.5) is 4.39 Å². The molecule has 1 nitrogen and oxygen atoms in total. The minimum Gasteiger partial charge on any atom is -0.307 e. The SMILES string of the molecule is CC(Cc1ccc(F)cc1)NC(C)c1cc(Cl)sc1Cl. The molecule has 0 amide bonds. The predicted molar refractivity (Wildman–Crippen MR) is 85.5 cm³/mol. The quantitative estimate of drug-likeness (QED) is 0.765. The maximum Gasteiger partial charge on any atom is 0.123 e. The second-order valence-electron chi connectivity index (χ2n) is 4.90. The molecule has 2 atom stereocenters. The first-order valence-electron chi connectivity index (χ1n) is 6.41. The molecule has 0 aliphatic heterocycles. The van der Waals surface area contributed by atoms with Crippen molar-refractivity contribution in [2.75, 3.05) is 0 Å². The third kappa shape index (κ3) is 4.19. The zero-order chi connectivity index (χ0) is 14.7. The van der Waals surface area contributed by atoms with Crippen LogP contribution in [0.5, 0.6) is 0 Å². The van der Waals surface area contributed by atoms with Crippen LogP contribution in [0.15, 0.2) is 30.3 Å². The molecule has 1 aromatic carbocycles. The molecule has 0 saturated heterocycles. The Hall–Kier alpha value is -0.610. The molecule has 2 rings (SSSR count). The third-order valence-corrected chi connectivity index (χ3v) is 4.66. The monoisotopic (exact) mass is 331 g/mol. The van der Waals surface area contributed by atoms with Crippen LogP contribution >= 0.6 is 34.5 Å². The second kappa shape index (κ2) is 6.90. The molecule has 0 saturated carbocycles. The standard InChI is InChI=1S/C15H16Cl2FNS/c1-9(7-11-3-5-12(18)6-4-11)19-10(2)13-8-14(16)20-15(13)17/h3-6,8-10,19H,7H2,1-2H3. The van der Waals surface area contributed by atoms with Gasteiger partial charge in [0.15, 0.2) is 0 Å². The molecule has 2 unspecified atom stereocenters. The number of halogens is 3. The zero-order valence-corrected chi connectivity index (χ0v) is 13.6. The zero-order valence-electron chi connectivity index (χ0n) is 11.3. The summed E-state index contributed by atoms with van der Waals surface area (Å²) in [6.45, 7) is 4.16. The molecular formula is C15H16Cl2FNS. The Morgan fingerprint density at radius 1 is 1.20 bits per heavy atom. The van der Waals surface area contributed by atoms with E-state index in [0.717, 1.165) is 21.9 Å². The minimum atomic E-state index is -0.206. The van der Waals surface area contributed by atoms with Gasteiger partial charge in [0, 0.05) is 12.1 Å². The maximum atomic E-state index is 12.9. The van der Waals surface area contributed by atoms with Crippen molar-refractivity contribution in [1.82, 2.24) is 5.32 Å². The van der Waals surface area contributed by atoms with Gasteiger partial charge in [-0.2, -0.15) is 0 Å². The van der Waals surface area contributed by atoms with E-state index in [1.165, 1.54) is 23.5 Å². The summed E-state index contributed by atoms with van der Waals surface area (Å²) in [4.78, 5) is 0. The molecule has 0 fully saturated rings. The normalized spacial score (nSPS) is 14.2. The topological polar surface area (TPSA) is 12.0 Å². The highest BCUT2D eigenvalue weighted by Crippen LogP contribution is 2.35. The van der Waals surface area contributed by atoms with E-state index < -0.39 is 0 Å². The van der Waals surface area contributed by atoms with Crippen molar-refractivity contribution in [1.29, 1.82) is 0 Å². The molecule has 1 heterocycles. The Labute approximate surface area is 132 Å². The lowest BCUT2D eigenvalue weighted by Gasteiger charge is -2.20. The molecule has 0 aliphatic carbocycles. The number of nitrogens with one attached hydrogen (secondary N) is 1. The Morgan fingerprint density at radius 2 is 1.85 bits per heavy atom. The van der Waals surface area contributed by atoms with Crippen LogP contribution < -0.4 is 5.32 Å². The second-order valence-corrected chi connectivity index (χ2v) is 7.19. The van der Waals surface area contributed by atoms with Crippen LogP contribution in [-0.2, 0) is 6.42 Å². The molecule has 1 aromatic heterocycles. The maximum absolute atomic E-state index is 12.9. The fourth-order valence-corrected chi connectivity index (χ4v) is 3.84. The number of thiophene rings is 1. The van der Waals surface area contributed by atoms with E-state index in [0.29, 0.717) is 4.34 Å². The van der Waals surface area contributed by atoms with Gasteiger partial charge in [0.05, 0.1) is 8.67 Å². The molecule has 5 heteroatoms. The van der Waals surface area contributed by atoms with Crippen LogP contribution in [0.1, 0.15) is 31.0 Å². The molecule has 0 radical (unpaired) electrons. The van der Waals surface area contributed by atoms with Crippen LogP contribution in [0.25, 0.3) is 0 Å². The average Bonchev–Trinajstić information content (AvgIpc) is 2.71. The van der Waals surface area contributed by atoms with Crippen molar-refractivity contribution < 1.29 is 4.39 Å². The van der Waals surface area contributed by atoms with E-state index in [4.69, 9.17) is 23.2 Å². The first-order chi connectivity index (χ1) is 9.45. The van der Waals surface area contributed by atoms with Crippen molar-refractivity contribution in [2.24, 2.45) is 0 Å². The van der Waals surface area contributed by atoms with Gasteiger partial charge < -0.3 is 5.32 Å². The summed E-state index contributed by atoms with van der Waals surface area (Å²) in [5.41, 5.74) is 2.13. The molecule has 108 valence electrons. The molecule has 2 aromatic rings. The van der Waals surface area contributed by atoms with Crippen molar-refractivity contribution >= 4 is 34.5 Å². The summed E-state index contributed by atoms with van der Waals surface area (Å²) in [7, 11) is 0. The summed E-state index contributed by atoms with van der Waals surface area (Å²) >= 11 is 13.5. The van der Waals surface area contributed by atoms with Crippen molar-refractivity contribution in [2.45, 2.75) is 32.4 Å². The number of benzene rings is 1. The van der Waals surface area contributed by atoms with E-state index in [1.807, 2.05) is 18.2 Å². The number of rotatable bonds is 5. The van der Waals surface area contributed by atoms with Crippen LogP contribution in [0.2, 0.25) is 8.67 Å². The van der Waals surface area contributed by atoms with Crippen molar-refractivity contribution in [3.8, 4) is 0 Å². The van der Waals surface area contributed by atoms with Gasteiger partial charge in [-0.05, 0) is 49.6 Å². The summed E-state index contributed by atoms with van der Waals surface area (Å²) in [6.07, 6.45) is 0.833. The first-order valence-corrected chi connectivity index (χ1v) is 7.98. The molecule has 0 bridgehead atoms. The highest BCUT2D eigenvalue weighted by atomic mass is 35.5. The van der Waals surface area contributed by atoms with Crippen molar-refractivity contribution in [3.63, 3.8) is 0 Å². The highest BCUT2D eigenvalue weighted by Gasteiger charge is 2.15. The Morgan fingerprint density at radius 3 is 2.40 bits per heavy atom. The van der Waals surface area contributed by atoms with Crippen LogP contribution in [0.3, 0.4) is 0 Å². The molecule has 0 spiro atoms. The molecular weight excluding hydrogens is 316 g/mol. The molecule has 1 N–H and O–H groups in total. The van der Waals surface area contributed by atoms with Gasteiger partial charge in [0.1, 0.15) is 5.82 Å². The highest BCUT2D eigenvalue weighted by molar-refractivity contribution is 7.20. The van der Waals surface area contributed by atoms with E-state index in [1.54, 1.807) is 0 Å². The van der Waals surface area contributed by atoms with Crippen molar-refractivity contribution in [3.05, 3.63) is 55.9 Å². The number of hydrogen-bond donors (Lipinski definition) is 1. The molecule has 0 aliphatic rings. The first kappa shape index (κ1) is 15.8. The van der Waals surface area contributed by atoms with Crippen LogP contribution in [0, 0.1) is 5.82 Å². The lowest BCUT2D eigenvalue weighted by molar-refractivity contribution is 0.478. The van der Waals surface area contributed by atoms with Crippen LogP contribution in [-0.4, -0.2) is 6.04 Å². The third-order valence-electron chi connectivity index (χ3n) is 3.14. The lowest BCUT2D eigenvalue weighted by Crippen LogP contribution is -2.30. The summed E-state index contributed by atoms with van der Waals surface area (Å²) in [6, 6.07) is 8.88. The Kier molecular flexibility index (Phi) is 5.44. The summed E-state index contributed by atoms with van der Waals surface area (Å²) < 4.78 is 14.3. The largest absolute Gasteiger partial charge is 0.307 e. The van der Waals surface area contributed by atoms with E-state index in [2.05, 4.69) is 19.2 Å². The Bertz CT molecular complexity index is 568. The van der Waals surface area contributed by atoms with Gasteiger partial charge in [0.25, 0.3) is 0 Å². The number of hydrogen-bond acceptors (Lipinski definition) is 2. The Balaban J connectivity index is 1.95. The van der Waals surface area contributed by atoms with Gasteiger partial charge in [0.2, 0.25) is 0 Å². The van der Waals surface area contributed by atoms with E-state index >= 15 is 0 Å². The van der Waals surface area contributed by atoms with Gasteiger partial charge in [-0.1, -0.05) is 35.3 Å². The lowest BCUT2D eigenvalue weighted by atomic mass is 10.1. The van der Waals surface area contributed by atoms with E-state index in [-0.39, 0.29) is 17.9 Å². The molecule has 20 heavy (non-hydrogen) atoms. The van der Waals surface area contributed by atoms with Gasteiger partial charge in [-0.15, -0.1) is 11.3 Å². The predicted octanol–water partition coefficient (Wildman–Crippen LogP) is 5.48. The van der Waals surface area contributed by atoms with E-state index in [9.17, 15) is 4.39 Å².